The highest BCUT2D eigenvalue weighted by Gasteiger charge is 2.41. The van der Waals surface area contributed by atoms with Crippen LogP contribution in [0, 0.1) is 5.92 Å². The highest BCUT2D eigenvalue weighted by Crippen LogP contribution is 2.32. The quantitative estimate of drug-likeness (QED) is 0.814. The predicted octanol–water partition coefficient (Wildman–Crippen LogP) is 1.49. The van der Waals surface area contributed by atoms with Crippen LogP contribution in [0.25, 0.3) is 0 Å². The molecule has 0 aromatic carbocycles. The number of rotatable bonds is 3. The smallest absolute Gasteiger partial charge is 0.237 e. The Balaban J connectivity index is 2.02. The van der Waals surface area contributed by atoms with E-state index in [0.29, 0.717) is 6.04 Å². The van der Waals surface area contributed by atoms with E-state index in [1.54, 1.807) is 0 Å². The second kappa shape index (κ2) is 6.23. The Labute approximate surface area is 117 Å². The average molecular weight is 267 g/mol. The van der Waals surface area contributed by atoms with Gasteiger partial charge in [-0.2, -0.15) is 0 Å². The van der Waals surface area contributed by atoms with E-state index in [4.69, 9.17) is 5.73 Å². The van der Waals surface area contributed by atoms with Crippen molar-refractivity contribution in [2.75, 3.05) is 20.1 Å². The van der Waals surface area contributed by atoms with Gasteiger partial charge in [-0.25, -0.2) is 0 Å². The number of nitrogens with one attached hydrogen (secondary N) is 1. The minimum atomic E-state index is -0.471. The van der Waals surface area contributed by atoms with Crippen LogP contribution in [0.2, 0.25) is 0 Å². The van der Waals surface area contributed by atoms with Crippen LogP contribution in [0.4, 0.5) is 0 Å². The van der Waals surface area contributed by atoms with Gasteiger partial charge >= 0.3 is 0 Å². The third-order valence-electron chi connectivity index (χ3n) is 5.24. The summed E-state index contributed by atoms with van der Waals surface area (Å²) in [5.74, 6) is 0.668. The first kappa shape index (κ1) is 14.8. The van der Waals surface area contributed by atoms with Gasteiger partial charge in [-0.1, -0.05) is 6.92 Å². The standard InChI is InChI=1S/C15H29N3O/c1-12-5-4-9-18(10-7-12)13-6-3-8-15(11-13,17-2)14(16)19/h12-13,17H,3-11H2,1-2H3,(H2,16,19). The summed E-state index contributed by atoms with van der Waals surface area (Å²) >= 11 is 0. The van der Waals surface area contributed by atoms with E-state index in [1.165, 1.54) is 38.8 Å². The van der Waals surface area contributed by atoms with Crippen molar-refractivity contribution in [3.8, 4) is 0 Å². The lowest BCUT2D eigenvalue weighted by Crippen LogP contribution is -2.59. The molecule has 1 saturated heterocycles. The molecule has 2 fully saturated rings. The van der Waals surface area contributed by atoms with Gasteiger partial charge < -0.3 is 16.0 Å². The lowest BCUT2D eigenvalue weighted by Gasteiger charge is -2.42. The van der Waals surface area contributed by atoms with E-state index < -0.39 is 5.54 Å². The Morgan fingerprint density at radius 1 is 1.26 bits per heavy atom. The fraction of sp³-hybridized carbons (Fsp3) is 0.933. The van der Waals surface area contributed by atoms with Crippen LogP contribution >= 0.6 is 0 Å². The first-order valence-corrected chi connectivity index (χ1v) is 7.80. The molecule has 2 rings (SSSR count). The number of nitrogens with two attached hydrogens (primary N) is 1. The lowest BCUT2D eigenvalue weighted by atomic mass is 9.78. The summed E-state index contributed by atoms with van der Waals surface area (Å²) in [5.41, 5.74) is 5.17. The Hall–Kier alpha value is -0.610. The first-order valence-electron chi connectivity index (χ1n) is 7.80. The van der Waals surface area contributed by atoms with Crippen LogP contribution in [-0.2, 0) is 4.79 Å². The van der Waals surface area contributed by atoms with Gasteiger partial charge in [0.1, 0.15) is 0 Å². The SMILES string of the molecule is CNC1(C(N)=O)CCCC(N2CCCC(C)CC2)C1. The monoisotopic (exact) mass is 267 g/mol. The number of amides is 1. The third-order valence-corrected chi connectivity index (χ3v) is 5.24. The normalized spacial score (nSPS) is 37.8. The zero-order valence-corrected chi connectivity index (χ0v) is 12.5. The number of carbonyl (C=O) groups excluding carboxylic acids is 1. The molecule has 3 N–H and O–H groups in total. The molecule has 0 aromatic heterocycles. The van der Waals surface area contributed by atoms with Crippen LogP contribution in [-0.4, -0.2) is 42.5 Å². The topological polar surface area (TPSA) is 58.4 Å². The molecule has 1 aliphatic heterocycles. The van der Waals surface area contributed by atoms with Crippen molar-refractivity contribution < 1.29 is 4.79 Å². The highest BCUT2D eigenvalue weighted by molar-refractivity contribution is 5.84. The lowest BCUT2D eigenvalue weighted by molar-refractivity contribution is -0.126. The number of hydrogen-bond acceptors (Lipinski definition) is 3. The maximum absolute atomic E-state index is 11.8. The maximum atomic E-state index is 11.8. The molecule has 0 radical (unpaired) electrons. The highest BCUT2D eigenvalue weighted by atomic mass is 16.1. The fourth-order valence-electron chi connectivity index (χ4n) is 3.78. The van der Waals surface area contributed by atoms with Gasteiger partial charge in [0.15, 0.2) is 0 Å². The molecule has 3 unspecified atom stereocenters. The molecule has 3 atom stereocenters. The predicted molar refractivity (Wildman–Crippen MR) is 77.8 cm³/mol. The molecule has 0 bridgehead atoms. The summed E-state index contributed by atoms with van der Waals surface area (Å²) in [6, 6.07) is 0.527. The van der Waals surface area contributed by atoms with E-state index >= 15 is 0 Å². The van der Waals surface area contributed by atoms with Crippen LogP contribution < -0.4 is 11.1 Å². The summed E-state index contributed by atoms with van der Waals surface area (Å²) < 4.78 is 0. The molecule has 4 nitrogen and oxygen atoms in total. The van der Waals surface area contributed by atoms with Crippen molar-refractivity contribution in [2.24, 2.45) is 11.7 Å². The molecular formula is C15H29N3O. The van der Waals surface area contributed by atoms with Crippen LogP contribution in [0.5, 0.6) is 0 Å². The minimum Gasteiger partial charge on any atom is -0.368 e. The minimum absolute atomic E-state index is 0.178. The van der Waals surface area contributed by atoms with E-state index in [0.717, 1.165) is 25.2 Å². The Morgan fingerprint density at radius 3 is 2.74 bits per heavy atom. The fourth-order valence-corrected chi connectivity index (χ4v) is 3.78. The molecule has 0 aromatic rings. The zero-order valence-electron chi connectivity index (χ0n) is 12.5. The summed E-state index contributed by atoms with van der Waals surface area (Å²) in [4.78, 5) is 14.4. The molecule has 2 aliphatic rings. The average Bonchev–Trinajstić information content (AvgIpc) is 2.63. The third kappa shape index (κ3) is 3.29. The number of likely N-dealkylation sites (tertiary alicyclic amines) is 1. The van der Waals surface area contributed by atoms with Crippen molar-refractivity contribution in [1.29, 1.82) is 0 Å². The van der Waals surface area contributed by atoms with Gasteiger partial charge in [-0.15, -0.1) is 0 Å². The molecule has 0 spiro atoms. The first-order chi connectivity index (χ1) is 9.07. The maximum Gasteiger partial charge on any atom is 0.237 e. The Morgan fingerprint density at radius 2 is 2.05 bits per heavy atom. The number of carbonyl (C=O) groups is 1. The summed E-state index contributed by atoms with van der Waals surface area (Å²) in [6.07, 6.45) is 8.01. The molecule has 1 aliphatic carbocycles. The number of hydrogen-bond donors (Lipinski definition) is 2. The molecule has 19 heavy (non-hydrogen) atoms. The van der Waals surface area contributed by atoms with Crippen molar-refractivity contribution in [3.05, 3.63) is 0 Å². The molecule has 1 heterocycles. The van der Waals surface area contributed by atoms with Crippen LogP contribution in [0.3, 0.4) is 0 Å². The zero-order chi connectivity index (χ0) is 13.9. The van der Waals surface area contributed by atoms with Gasteiger partial charge in [0.25, 0.3) is 0 Å². The summed E-state index contributed by atoms with van der Waals surface area (Å²) in [5, 5.41) is 3.21. The largest absolute Gasteiger partial charge is 0.368 e. The molecule has 4 heteroatoms. The second-order valence-corrected chi connectivity index (χ2v) is 6.52. The van der Waals surface area contributed by atoms with Crippen molar-refractivity contribution >= 4 is 5.91 Å². The molecular weight excluding hydrogens is 238 g/mol. The van der Waals surface area contributed by atoms with Crippen molar-refractivity contribution in [2.45, 2.75) is 63.5 Å². The van der Waals surface area contributed by atoms with Gasteiger partial charge in [-0.3, -0.25) is 4.79 Å². The van der Waals surface area contributed by atoms with Crippen molar-refractivity contribution in [3.63, 3.8) is 0 Å². The van der Waals surface area contributed by atoms with Crippen molar-refractivity contribution in [1.82, 2.24) is 10.2 Å². The summed E-state index contributed by atoms with van der Waals surface area (Å²) in [7, 11) is 1.87. The van der Waals surface area contributed by atoms with E-state index in [-0.39, 0.29) is 5.91 Å². The Bertz CT molecular complexity index is 321. The number of nitrogens with zero attached hydrogens (tertiary/aromatic N) is 1. The number of primary amides is 1. The van der Waals surface area contributed by atoms with Gasteiger partial charge in [0, 0.05) is 6.04 Å². The van der Waals surface area contributed by atoms with E-state index in [2.05, 4.69) is 17.1 Å². The molecule has 1 amide bonds. The summed E-state index contributed by atoms with van der Waals surface area (Å²) in [6.45, 7) is 4.73. The van der Waals surface area contributed by atoms with Crippen LogP contribution in [0.1, 0.15) is 51.9 Å². The van der Waals surface area contributed by atoms with Crippen LogP contribution in [0.15, 0.2) is 0 Å². The van der Waals surface area contributed by atoms with E-state index in [1.807, 2.05) is 7.05 Å². The van der Waals surface area contributed by atoms with E-state index in [9.17, 15) is 4.79 Å². The van der Waals surface area contributed by atoms with Gasteiger partial charge in [0.2, 0.25) is 5.91 Å². The Kier molecular flexibility index (Phi) is 4.85. The molecule has 110 valence electrons. The second-order valence-electron chi connectivity index (χ2n) is 6.52. The number of likely N-dealkylation sites (N-methyl/N-ethyl adjacent to an activating group) is 1. The van der Waals surface area contributed by atoms with Gasteiger partial charge in [0.05, 0.1) is 5.54 Å². The molecule has 1 saturated carbocycles. The van der Waals surface area contributed by atoms with Gasteiger partial charge in [-0.05, 0) is 71.0 Å².